The van der Waals surface area contributed by atoms with E-state index in [0.717, 1.165) is 16.5 Å². The van der Waals surface area contributed by atoms with Crippen molar-refractivity contribution in [3.63, 3.8) is 0 Å². The van der Waals surface area contributed by atoms with Crippen molar-refractivity contribution in [3.8, 4) is 0 Å². The van der Waals surface area contributed by atoms with E-state index in [9.17, 15) is 0 Å². The third kappa shape index (κ3) is 1.37. The van der Waals surface area contributed by atoms with Gasteiger partial charge in [0.25, 0.3) is 0 Å². The second kappa shape index (κ2) is 3.33. The third-order valence-electron chi connectivity index (χ3n) is 2.04. The number of pyridine rings is 1. The average Bonchev–Trinajstić information content (AvgIpc) is 2.27. The summed E-state index contributed by atoms with van der Waals surface area (Å²) in [5.41, 5.74) is 7.33. The van der Waals surface area contributed by atoms with Crippen LogP contribution in [0, 0.1) is 0 Å². The highest BCUT2D eigenvalue weighted by molar-refractivity contribution is 6.00. The number of hydrazone groups is 1. The van der Waals surface area contributed by atoms with Gasteiger partial charge >= 0.3 is 0 Å². The summed E-state index contributed by atoms with van der Waals surface area (Å²) >= 11 is 0. The Morgan fingerprint density at radius 1 is 1.29 bits per heavy atom. The maximum absolute atomic E-state index is 5.59. The molecular formula is C10H10N4. The van der Waals surface area contributed by atoms with Gasteiger partial charge in [-0.1, -0.05) is 6.07 Å². The number of aromatic nitrogens is 1. The summed E-state index contributed by atoms with van der Waals surface area (Å²) < 4.78 is 0. The SMILES string of the molecule is NN=C(N)c1ccc2ncccc2c1. The summed E-state index contributed by atoms with van der Waals surface area (Å²) in [4.78, 5) is 4.20. The molecule has 0 fully saturated rings. The topological polar surface area (TPSA) is 77.3 Å². The van der Waals surface area contributed by atoms with Crippen molar-refractivity contribution in [2.75, 3.05) is 0 Å². The van der Waals surface area contributed by atoms with Crippen molar-refractivity contribution in [2.45, 2.75) is 0 Å². The van der Waals surface area contributed by atoms with E-state index < -0.39 is 0 Å². The van der Waals surface area contributed by atoms with E-state index in [1.54, 1.807) is 6.20 Å². The monoisotopic (exact) mass is 186 g/mol. The predicted molar refractivity (Wildman–Crippen MR) is 56.7 cm³/mol. The van der Waals surface area contributed by atoms with Crippen LogP contribution in [0.4, 0.5) is 0 Å². The highest BCUT2D eigenvalue weighted by Gasteiger charge is 1.99. The zero-order chi connectivity index (χ0) is 9.97. The minimum absolute atomic E-state index is 0.329. The molecule has 2 rings (SSSR count). The lowest BCUT2D eigenvalue weighted by molar-refractivity contribution is 1.23. The Hall–Kier alpha value is -2.10. The van der Waals surface area contributed by atoms with Crippen LogP contribution in [0.15, 0.2) is 41.6 Å². The van der Waals surface area contributed by atoms with Crippen molar-refractivity contribution in [1.82, 2.24) is 4.98 Å². The fraction of sp³-hybridized carbons (Fsp3) is 0. The van der Waals surface area contributed by atoms with Gasteiger partial charge in [-0.2, -0.15) is 5.10 Å². The molecule has 0 spiro atoms. The second-order valence-corrected chi connectivity index (χ2v) is 2.93. The number of nitrogens with two attached hydrogens (primary N) is 2. The number of hydrogen-bond acceptors (Lipinski definition) is 3. The normalized spacial score (nSPS) is 11.9. The Kier molecular flexibility index (Phi) is 2.02. The summed E-state index contributed by atoms with van der Waals surface area (Å²) in [7, 11) is 0. The number of hydrogen-bond donors (Lipinski definition) is 2. The molecule has 14 heavy (non-hydrogen) atoms. The standard InChI is InChI=1S/C10H10N4/c11-10(14-12)8-3-4-9-7(6-8)2-1-5-13-9/h1-6H,12H2,(H2,11,14). The van der Waals surface area contributed by atoms with Gasteiger partial charge in [-0.05, 0) is 24.3 Å². The number of amidine groups is 1. The molecule has 0 aliphatic heterocycles. The predicted octanol–water partition coefficient (Wildman–Crippen LogP) is 0.814. The van der Waals surface area contributed by atoms with Crippen LogP contribution < -0.4 is 11.6 Å². The van der Waals surface area contributed by atoms with Crippen LogP contribution in [0.1, 0.15) is 5.56 Å². The highest BCUT2D eigenvalue weighted by Crippen LogP contribution is 2.12. The van der Waals surface area contributed by atoms with Crippen LogP contribution >= 0.6 is 0 Å². The molecule has 0 radical (unpaired) electrons. The quantitative estimate of drug-likeness (QED) is 0.299. The van der Waals surface area contributed by atoms with Gasteiger partial charge in [-0.3, -0.25) is 4.98 Å². The van der Waals surface area contributed by atoms with E-state index in [1.807, 2.05) is 30.3 Å². The van der Waals surface area contributed by atoms with Crippen molar-refractivity contribution < 1.29 is 0 Å². The molecular weight excluding hydrogens is 176 g/mol. The summed E-state index contributed by atoms with van der Waals surface area (Å²) in [5.74, 6) is 5.42. The lowest BCUT2D eigenvalue weighted by Crippen LogP contribution is -2.15. The van der Waals surface area contributed by atoms with E-state index in [0.29, 0.717) is 5.84 Å². The molecule has 0 saturated heterocycles. The molecule has 2 aromatic rings. The first-order chi connectivity index (χ1) is 6.81. The van der Waals surface area contributed by atoms with E-state index in [4.69, 9.17) is 11.6 Å². The molecule has 1 heterocycles. The lowest BCUT2D eigenvalue weighted by Gasteiger charge is -2.00. The van der Waals surface area contributed by atoms with E-state index in [2.05, 4.69) is 10.1 Å². The maximum atomic E-state index is 5.59. The van der Waals surface area contributed by atoms with Gasteiger partial charge in [0.1, 0.15) is 5.84 Å². The largest absolute Gasteiger partial charge is 0.382 e. The Morgan fingerprint density at radius 2 is 2.14 bits per heavy atom. The van der Waals surface area contributed by atoms with E-state index in [1.165, 1.54) is 0 Å². The first kappa shape index (κ1) is 8.50. The number of fused-ring (bicyclic) bond motifs is 1. The molecule has 4 heteroatoms. The Morgan fingerprint density at radius 3 is 2.93 bits per heavy atom. The van der Waals surface area contributed by atoms with Gasteiger partial charge in [0.15, 0.2) is 0 Å². The smallest absolute Gasteiger partial charge is 0.150 e. The second-order valence-electron chi connectivity index (χ2n) is 2.93. The molecule has 4 nitrogen and oxygen atoms in total. The average molecular weight is 186 g/mol. The fourth-order valence-corrected chi connectivity index (χ4v) is 1.31. The highest BCUT2D eigenvalue weighted by atomic mass is 15.1. The van der Waals surface area contributed by atoms with Gasteiger partial charge in [-0.15, -0.1) is 0 Å². The first-order valence-corrected chi connectivity index (χ1v) is 4.20. The van der Waals surface area contributed by atoms with Crippen LogP contribution in [-0.2, 0) is 0 Å². The molecule has 4 N–H and O–H groups in total. The molecule has 1 aromatic carbocycles. The van der Waals surface area contributed by atoms with Crippen LogP contribution in [0.3, 0.4) is 0 Å². The van der Waals surface area contributed by atoms with Crippen molar-refractivity contribution in [3.05, 3.63) is 42.1 Å². The molecule has 0 atom stereocenters. The number of nitrogens with zero attached hydrogens (tertiary/aromatic N) is 2. The lowest BCUT2D eigenvalue weighted by atomic mass is 10.1. The molecule has 0 aliphatic carbocycles. The Bertz CT molecular complexity index is 490. The molecule has 0 amide bonds. The molecule has 1 aromatic heterocycles. The number of benzene rings is 1. The van der Waals surface area contributed by atoms with Crippen LogP contribution in [-0.4, -0.2) is 10.8 Å². The van der Waals surface area contributed by atoms with Crippen LogP contribution in [0.5, 0.6) is 0 Å². The van der Waals surface area contributed by atoms with E-state index in [-0.39, 0.29) is 0 Å². The van der Waals surface area contributed by atoms with E-state index >= 15 is 0 Å². The van der Waals surface area contributed by atoms with Gasteiger partial charge < -0.3 is 11.6 Å². The molecule has 0 aliphatic rings. The molecule has 0 saturated carbocycles. The molecule has 0 unspecified atom stereocenters. The summed E-state index contributed by atoms with van der Waals surface area (Å²) in [5, 5.41) is 4.46. The van der Waals surface area contributed by atoms with Crippen LogP contribution in [0.2, 0.25) is 0 Å². The zero-order valence-corrected chi connectivity index (χ0v) is 7.51. The first-order valence-electron chi connectivity index (χ1n) is 4.20. The summed E-state index contributed by atoms with van der Waals surface area (Å²) in [6.45, 7) is 0. The van der Waals surface area contributed by atoms with Gasteiger partial charge in [0, 0.05) is 17.1 Å². The zero-order valence-electron chi connectivity index (χ0n) is 7.51. The molecule has 70 valence electrons. The van der Waals surface area contributed by atoms with Gasteiger partial charge in [-0.25, -0.2) is 0 Å². The van der Waals surface area contributed by atoms with Crippen LogP contribution in [0.25, 0.3) is 10.9 Å². The Balaban J connectivity index is 2.62. The minimum Gasteiger partial charge on any atom is -0.382 e. The fourth-order valence-electron chi connectivity index (χ4n) is 1.31. The Labute approximate surface area is 81.2 Å². The maximum Gasteiger partial charge on any atom is 0.150 e. The summed E-state index contributed by atoms with van der Waals surface area (Å²) in [6, 6.07) is 9.50. The third-order valence-corrected chi connectivity index (χ3v) is 2.04. The van der Waals surface area contributed by atoms with Crippen molar-refractivity contribution >= 4 is 16.7 Å². The number of rotatable bonds is 1. The van der Waals surface area contributed by atoms with Gasteiger partial charge in [0.05, 0.1) is 5.52 Å². The van der Waals surface area contributed by atoms with Crippen molar-refractivity contribution in [1.29, 1.82) is 0 Å². The summed E-state index contributed by atoms with van der Waals surface area (Å²) in [6.07, 6.45) is 1.75. The van der Waals surface area contributed by atoms with Crippen molar-refractivity contribution in [2.24, 2.45) is 16.7 Å². The minimum atomic E-state index is 0.329. The molecule has 0 bridgehead atoms. The van der Waals surface area contributed by atoms with Gasteiger partial charge in [0.2, 0.25) is 0 Å².